The smallest absolute Gasteiger partial charge is 0.151 e. The summed E-state index contributed by atoms with van der Waals surface area (Å²) in [5, 5.41) is 14.5. The molecule has 0 aliphatic carbocycles. The molecule has 0 amide bonds. The van der Waals surface area contributed by atoms with Crippen molar-refractivity contribution in [3.8, 4) is 11.8 Å². The summed E-state index contributed by atoms with van der Waals surface area (Å²) in [7, 11) is 1.89. The number of nitrogens with two attached hydrogens (primary N) is 2. The zero-order valence-electron chi connectivity index (χ0n) is 13.7. The van der Waals surface area contributed by atoms with E-state index in [0.717, 1.165) is 16.6 Å². The van der Waals surface area contributed by atoms with Crippen LogP contribution in [0.2, 0.25) is 0 Å². The number of hydrogen-bond acceptors (Lipinski definition) is 6. The zero-order chi connectivity index (χ0) is 17.8. The van der Waals surface area contributed by atoms with Crippen LogP contribution in [-0.4, -0.2) is 9.78 Å². The molecule has 0 aliphatic heterocycles. The molecule has 1 aromatic heterocycles. The second-order valence-electron chi connectivity index (χ2n) is 5.45. The first kappa shape index (κ1) is 16.4. The summed E-state index contributed by atoms with van der Waals surface area (Å²) < 4.78 is 7.72. The Kier molecular flexibility index (Phi) is 4.55. The molecule has 3 rings (SSSR count). The number of nitrogens with zero attached hydrogens (tertiary/aromatic N) is 3. The van der Waals surface area contributed by atoms with Crippen molar-refractivity contribution >= 4 is 16.6 Å². The van der Waals surface area contributed by atoms with E-state index in [1.165, 1.54) is 0 Å². The predicted molar refractivity (Wildman–Crippen MR) is 95.5 cm³/mol. The van der Waals surface area contributed by atoms with Gasteiger partial charge in [0.25, 0.3) is 0 Å². The Bertz CT molecular complexity index is 983. The van der Waals surface area contributed by atoms with Crippen molar-refractivity contribution in [2.45, 2.75) is 6.61 Å². The van der Waals surface area contributed by atoms with Crippen LogP contribution in [0.25, 0.3) is 16.6 Å². The van der Waals surface area contributed by atoms with Crippen LogP contribution < -0.4 is 21.7 Å². The van der Waals surface area contributed by atoms with Gasteiger partial charge in [0, 0.05) is 18.0 Å². The topological polar surface area (TPSA) is 115 Å². The maximum absolute atomic E-state index is 9.02. The first-order valence-electron chi connectivity index (χ1n) is 7.64. The average Bonchev–Trinajstić information content (AvgIpc) is 2.96. The number of ether oxygens (including phenoxy) is 1. The highest BCUT2D eigenvalue weighted by Gasteiger charge is 2.10. The van der Waals surface area contributed by atoms with Crippen LogP contribution >= 0.6 is 0 Å². The molecule has 0 saturated heterocycles. The molecular weight excluding hydrogens is 316 g/mol. The van der Waals surface area contributed by atoms with Gasteiger partial charge < -0.3 is 15.9 Å². The number of nitrogens with one attached hydrogen (secondary N) is 1. The summed E-state index contributed by atoms with van der Waals surface area (Å²) in [5.74, 6) is 5.94. The molecule has 2 aromatic carbocycles. The molecule has 0 bridgehead atoms. The van der Waals surface area contributed by atoms with Gasteiger partial charge in [-0.05, 0) is 18.2 Å². The number of aromatic nitrogens is 2. The SMILES string of the molecule is Cn1nc2ccccc2c1COc1cccc(/C(N)=C(\C#N)NN)c1. The minimum atomic E-state index is 0.106. The molecule has 0 aliphatic rings. The summed E-state index contributed by atoms with van der Waals surface area (Å²) in [6.45, 7) is 0.365. The summed E-state index contributed by atoms with van der Waals surface area (Å²) in [4.78, 5) is 0. The molecular formula is C18H18N6O. The monoisotopic (exact) mass is 334 g/mol. The Morgan fingerprint density at radius 2 is 2.08 bits per heavy atom. The first-order chi connectivity index (χ1) is 12.1. The summed E-state index contributed by atoms with van der Waals surface area (Å²) >= 11 is 0. The van der Waals surface area contributed by atoms with E-state index in [1.54, 1.807) is 12.1 Å². The summed E-state index contributed by atoms with van der Waals surface area (Å²) in [6.07, 6.45) is 0. The molecule has 5 N–H and O–H groups in total. The molecule has 0 spiro atoms. The highest BCUT2D eigenvalue weighted by molar-refractivity contribution is 5.81. The van der Waals surface area contributed by atoms with E-state index in [-0.39, 0.29) is 11.4 Å². The fourth-order valence-electron chi connectivity index (χ4n) is 2.59. The fourth-order valence-corrected chi connectivity index (χ4v) is 2.59. The molecule has 7 heteroatoms. The summed E-state index contributed by atoms with van der Waals surface area (Å²) in [6, 6.07) is 17.0. The van der Waals surface area contributed by atoms with Crippen molar-refractivity contribution in [2.75, 3.05) is 0 Å². The molecule has 126 valence electrons. The van der Waals surface area contributed by atoms with Crippen LogP contribution in [0.4, 0.5) is 0 Å². The number of benzene rings is 2. The Labute approximate surface area is 145 Å². The molecule has 25 heavy (non-hydrogen) atoms. The van der Waals surface area contributed by atoms with E-state index >= 15 is 0 Å². The van der Waals surface area contributed by atoms with Gasteiger partial charge in [-0.1, -0.05) is 30.3 Å². The standard InChI is InChI=1S/C18H18N6O/c1-24-17(14-7-2-3-8-15(14)23-24)11-25-13-6-4-5-12(9-13)18(20)16(10-19)22-21/h2-9,22H,11,20-21H2,1H3/b18-16-. The Hall–Kier alpha value is -3.50. The first-order valence-corrected chi connectivity index (χ1v) is 7.64. The molecule has 0 saturated carbocycles. The Morgan fingerprint density at radius 1 is 1.28 bits per heavy atom. The van der Waals surface area contributed by atoms with Gasteiger partial charge in [-0.3, -0.25) is 4.68 Å². The lowest BCUT2D eigenvalue weighted by Crippen LogP contribution is -2.23. The van der Waals surface area contributed by atoms with E-state index in [9.17, 15) is 0 Å². The van der Waals surface area contributed by atoms with Crippen LogP contribution in [0.1, 0.15) is 11.3 Å². The van der Waals surface area contributed by atoms with Gasteiger partial charge in [-0.15, -0.1) is 0 Å². The normalized spacial score (nSPS) is 11.7. The van der Waals surface area contributed by atoms with Gasteiger partial charge in [0.2, 0.25) is 0 Å². The molecule has 0 radical (unpaired) electrons. The second-order valence-corrected chi connectivity index (χ2v) is 5.45. The number of allylic oxidation sites excluding steroid dienone is 1. The van der Waals surface area contributed by atoms with Crippen LogP contribution in [-0.2, 0) is 13.7 Å². The Balaban J connectivity index is 1.85. The third-order valence-electron chi connectivity index (χ3n) is 3.91. The van der Waals surface area contributed by atoms with Crippen molar-refractivity contribution in [1.82, 2.24) is 15.2 Å². The number of rotatable bonds is 5. The van der Waals surface area contributed by atoms with E-state index in [4.69, 9.17) is 21.6 Å². The number of aryl methyl sites for hydroxylation is 1. The van der Waals surface area contributed by atoms with Crippen LogP contribution in [0.5, 0.6) is 5.75 Å². The number of hydrogen-bond donors (Lipinski definition) is 3. The van der Waals surface area contributed by atoms with Crippen molar-refractivity contribution in [1.29, 1.82) is 5.26 Å². The lowest BCUT2D eigenvalue weighted by molar-refractivity contribution is 0.296. The van der Waals surface area contributed by atoms with Crippen LogP contribution in [0.15, 0.2) is 54.2 Å². The van der Waals surface area contributed by atoms with Gasteiger partial charge in [-0.2, -0.15) is 10.4 Å². The van der Waals surface area contributed by atoms with Crippen molar-refractivity contribution in [3.63, 3.8) is 0 Å². The maximum Gasteiger partial charge on any atom is 0.151 e. The number of hydrazine groups is 1. The zero-order valence-corrected chi connectivity index (χ0v) is 13.7. The van der Waals surface area contributed by atoms with Crippen molar-refractivity contribution in [2.24, 2.45) is 18.6 Å². The molecule has 0 atom stereocenters. The van der Waals surface area contributed by atoms with Crippen molar-refractivity contribution < 1.29 is 4.74 Å². The molecule has 0 fully saturated rings. The second kappa shape index (κ2) is 6.95. The van der Waals surface area contributed by atoms with Crippen LogP contribution in [0.3, 0.4) is 0 Å². The third kappa shape index (κ3) is 3.24. The molecule has 3 aromatic rings. The minimum Gasteiger partial charge on any atom is -0.487 e. The van der Waals surface area contributed by atoms with Crippen molar-refractivity contribution in [3.05, 3.63) is 65.5 Å². The average molecular weight is 334 g/mol. The lowest BCUT2D eigenvalue weighted by atomic mass is 10.1. The van der Waals surface area contributed by atoms with E-state index in [0.29, 0.717) is 17.9 Å². The molecule has 7 nitrogen and oxygen atoms in total. The third-order valence-corrected chi connectivity index (χ3v) is 3.91. The Morgan fingerprint density at radius 3 is 2.84 bits per heavy atom. The van der Waals surface area contributed by atoms with E-state index < -0.39 is 0 Å². The van der Waals surface area contributed by atoms with Gasteiger partial charge in [0.15, 0.2) is 5.70 Å². The van der Waals surface area contributed by atoms with E-state index in [1.807, 2.05) is 54.2 Å². The number of fused-ring (bicyclic) bond motifs is 1. The molecule has 1 heterocycles. The summed E-state index contributed by atoms with van der Waals surface area (Å²) in [5.41, 5.74) is 11.2. The lowest BCUT2D eigenvalue weighted by Gasteiger charge is -2.10. The van der Waals surface area contributed by atoms with Gasteiger partial charge >= 0.3 is 0 Å². The fraction of sp³-hybridized carbons (Fsp3) is 0.111. The maximum atomic E-state index is 9.02. The van der Waals surface area contributed by atoms with Gasteiger partial charge in [0.1, 0.15) is 18.4 Å². The largest absolute Gasteiger partial charge is 0.487 e. The highest BCUT2D eigenvalue weighted by Crippen LogP contribution is 2.22. The number of nitriles is 1. The minimum absolute atomic E-state index is 0.106. The predicted octanol–water partition coefficient (Wildman–Crippen LogP) is 1.77. The van der Waals surface area contributed by atoms with Gasteiger partial charge in [0.05, 0.1) is 16.9 Å². The quantitative estimate of drug-likeness (QED) is 0.372. The highest BCUT2D eigenvalue weighted by atomic mass is 16.5. The van der Waals surface area contributed by atoms with Gasteiger partial charge in [-0.25, -0.2) is 5.84 Å². The molecule has 0 unspecified atom stereocenters. The van der Waals surface area contributed by atoms with Crippen LogP contribution in [0, 0.1) is 11.3 Å². The van der Waals surface area contributed by atoms with E-state index in [2.05, 4.69) is 10.5 Å².